The van der Waals surface area contributed by atoms with Crippen LogP contribution in [-0.2, 0) is 17.6 Å². The fourth-order valence-electron chi connectivity index (χ4n) is 0.788. The molecule has 1 heterocycles. The van der Waals surface area contributed by atoms with E-state index in [4.69, 9.17) is 16.7 Å². The Morgan fingerprint density at radius 2 is 2.54 bits per heavy atom. The fourth-order valence-corrected chi connectivity index (χ4v) is 1.66. The molecule has 4 nitrogen and oxygen atoms in total. The molecule has 0 fully saturated rings. The highest BCUT2D eigenvalue weighted by atomic mass is 35.5. The Labute approximate surface area is 84.9 Å². The monoisotopic (exact) mass is 220 g/mol. The number of carboxylic acids is 1. The van der Waals surface area contributed by atoms with Gasteiger partial charge in [-0.1, -0.05) is 11.6 Å². The average molecular weight is 221 g/mol. The lowest BCUT2D eigenvalue weighted by molar-refractivity contribution is -0.133. The van der Waals surface area contributed by atoms with E-state index in [9.17, 15) is 4.79 Å². The first-order chi connectivity index (χ1) is 6.11. The van der Waals surface area contributed by atoms with Gasteiger partial charge in [-0.2, -0.15) is 0 Å². The molecular formula is C7H9ClN2O2S. The van der Waals surface area contributed by atoms with Crippen molar-refractivity contribution in [3.05, 3.63) is 17.2 Å². The third kappa shape index (κ3) is 2.93. The molecule has 0 aliphatic rings. The first kappa shape index (κ1) is 10.4. The average Bonchev–Trinajstić information content (AvgIpc) is 2.35. The molecule has 1 N–H and O–H groups in total. The molecule has 1 rings (SSSR count). The third-order valence-electron chi connectivity index (χ3n) is 1.48. The van der Waals surface area contributed by atoms with Crippen LogP contribution in [0.4, 0.5) is 0 Å². The van der Waals surface area contributed by atoms with E-state index in [1.807, 2.05) is 0 Å². The number of halogens is 1. The predicted octanol–water partition coefficient (Wildman–Crippen LogP) is 1.39. The Kier molecular flexibility index (Phi) is 3.62. The number of nitrogens with zero attached hydrogens (tertiary/aromatic N) is 2. The van der Waals surface area contributed by atoms with Crippen molar-refractivity contribution in [2.45, 2.75) is 5.75 Å². The SMILES string of the molecule is Cn1c(Cl)cnc1CSCC(=O)O. The highest BCUT2D eigenvalue weighted by Gasteiger charge is 2.05. The Hall–Kier alpha value is -0.680. The smallest absolute Gasteiger partial charge is 0.313 e. The van der Waals surface area contributed by atoms with Gasteiger partial charge >= 0.3 is 5.97 Å². The molecule has 0 atom stereocenters. The lowest BCUT2D eigenvalue weighted by atomic mass is 10.7. The number of rotatable bonds is 4. The molecule has 13 heavy (non-hydrogen) atoms. The lowest BCUT2D eigenvalue weighted by Gasteiger charge is -2.00. The molecule has 0 aliphatic carbocycles. The molecule has 0 bridgehead atoms. The molecule has 0 saturated heterocycles. The molecule has 1 aromatic heterocycles. The minimum Gasteiger partial charge on any atom is -0.481 e. The van der Waals surface area contributed by atoms with Crippen LogP contribution < -0.4 is 0 Å². The Morgan fingerprint density at radius 1 is 1.85 bits per heavy atom. The van der Waals surface area contributed by atoms with Gasteiger partial charge in [0.2, 0.25) is 0 Å². The molecule has 1 aromatic rings. The Balaban J connectivity index is 2.45. The summed E-state index contributed by atoms with van der Waals surface area (Å²) < 4.78 is 1.73. The highest BCUT2D eigenvalue weighted by Crippen LogP contribution is 2.14. The van der Waals surface area contributed by atoms with Gasteiger partial charge in [0.15, 0.2) is 0 Å². The molecular weight excluding hydrogens is 212 g/mol. The quantitative estimate of drug-likeness (QED) is 0.833. The third-order valence-corrected chi connectivity index (χ3v) is 2.75. The fraction of sp³-hybridized carbons (Fsp3) is 0.429. The summed E-state index contributed by atoms with van der Waals surface area (Å²) in [5, 5.41) is 8.95. The predicted molar refractivity (Wildman–Crippen MR) is 52.0 cm³/mol. The summed E-state index contributed by atoms with van der Waals surface area (Å²) in [5.41, 5.74) is 0. The number of thioether (sulfide) groups is 1. The lowest BCUT2D eigenvalue weighted by Crippen LogP contribution is -2.01. The van der Waals surface area contributed by atoms with E-state index >= 15 is 0 Å². The van der Waals surface area contributed by atoms with Crippen LogP contribution in [0.2, 0.25) is 5.15 Å². The second-order valence-electron chi connectivity index (χ2n) is 2.44. The van der Waals surface area contributed by atoms with Crippen molar-refractivity contribution in [1.29, 1.82) is 0 Å². The maximum atomic E-state index is 10.2. The van der Waals surface area contributed by atoms with Gasteiger partial charge in [0.05, 0.1) is 17.7 Å². The summed E-state index contributed by atoms with van der Waals surface area (Å²) in [6.45, 7) is 0. The maximum Gasteiger partial charge on any atom is 0.313 e. The van der Waals surface area contributed by atoms with Gasteiger partial charge in [0.1, 0.15) is 11.0 Å². The number of hydrogen-bond donors (Lipinski definition) is 1. The first-order valence-corrected chi connectivity index (χ1v) is 5.10. The zero-order chi connectivity index (χ0) is 9.84. The largest absolute Gasteiger partial charge is 0.481 e. The number of hydrogen-bond acceptors (Lipinski definition) is 3. The zero-order valence-electron chi connectivity index (χ0n) is 7.03. The van der Waals surface area contributed by atoms with Crippen LogP contribution in [0, 0.1) is 0 Å². The van der Waals surface area contributed by atoms with E-state index in [0.29, 0.717) is 10.9 Å². The summed E-state index contributed by atoms with van der Waals surface area (Å²) in [4.78, 5) is 14.2. The standard InChI is InChI=1S/C7H9ClN2O2S/c1-10-5(8)2-9-6(10)3-13-4-7(11)12/h2H,3-4H2,1H3,(H,11,12). The van der Waals surface area contributed by atoms with Crippen molar-refractivity contribution < 1.29 is 9.90 Å². The van der Waals surface area contributed by atoms with Gasteiger partial charge in [-0.05, 0) is 0 Å². The van der Waals surface area contributed by atoms with Gasteiger partial charge in [0.25, 0.3) is 0 Å². The van der Waals surface area contributed by atoms with Gasteiger partial charge in [-0.15, -0.1) is 11.8 Å². The van der Waals surface area contributed by atoms with Crippen molar-refractivity contribution in [3.63, 3.8) is 0 Å². The number of imidazole rings is 1. The van der Waals surface area contributed by atoms with Crippen LogP contribution in [0.1, 0.15) is 5.82 Å². The molecule has 0 amide bonds. The summed E-state index contributed by atoms with van der Waals surface area (Å²) in [7, 11) is 1.80. The van der Waals surface area contributed by atoms with Gasteiger partial charge in [-0.3, -0.25) is 4.79 Å². The van der Waals surface area contributed by atoms with Crippen molar-refractivity contribution in [3.8, 4) is 0 Å². The Bertz CT molecular complexity index is 313. The highest BCUT2D eigenvalue weighted by molar-refractivity contribution is 7.99. The Morgan fingerprint density at radius 3 is 3.00 bits per heavy atom. The normalized spacial score (nSPS) is 10.3. The van der Waals surface area contributed by atoms with E-state index in [1.54, 1.807) is 17.8 Å². The van der Waals surface area contributed by atoms with Gasteiger partial charge < -0.3 is 9.67 Å². The van der Waals surface area contributed by atoms with Crippen LogP contribution in [0.15, 0.2) is 6.20 Å². The molecule has 72 valence electrons. The number of carbonyl (C=O) groups is 1. The van der Waals surface area contributed by atoms with Crippen LogP contribution in [0.25, 0.3) is 0 Å². The molecule has 6 heteroatoms. The van der Waals surface area contributed by atoms with E-state index in [0.717, 1.165) is 5.82 Å². The van der Waals surface area contributed by atoms with Crippen LogP contribution in [0.5, 0.6) is 0 Å². The van der Waals surface area contributed by atoms with Crippen molar-refractivity contribution in [2.75, 3.05) is 5.75 Å². The van der Waals surface area contributed by atoms with E-state index in [1.165, 1.54) is 11.8 Å². The molecule has 0 unspecified atom stereocenters. The zero-order valence-corrected chi connectivity index (χ0v) is 8.60. The van der Waals surface area contributed by atoms with Crippen molar-refractivity contribution in [1.82, 2.24) is 9.55 Å². The van der Waals surface area contributed by atoms with Crippen LogP contribution in [-0.4, -0.2) is 26.4 Å². The second-order valence-corrected chi connectivity index (χ2v) is 3.82. The number of aromatic nitrogens is 2. The first-order valence-electron chi connectivity index (χ1n) is 3.57. The maximum absolute atomic E-state index is 10.2. The second kappa shape index (κ2) is 4.53. The van der Waals surface area contributed by atoms with E-state index in [-0.39, 0.29) is 5.75 Å². The summed E-state index contributed by atoms with van der Waals surface area (Å²) >= 11 is 7.05. The summed E-state index contributed by atoms with van der Waals surface area (Å²) in [6, 6.07) is 0. The minimum absolute atomic E-state index is 0.0878. The van der Waals surface area contributed by atoms with Crippen LogP contribution in [0.3, 0.4) is 0 Å². The summed E-state index contributed by atoms with van der Waals surface area (Å²) in [5.74, 6) is 0.626. The number of carboxylic acid groups (broad SMARTS) is 1. The molecule has 0 spiro atoms. The topological polar surface area (TPSA) is 55.1 Å². The minimum atomic E-state index is -0.815. The summed E-state index contributed by atoms with van der Waals surface area (Å²) in [6.07, 6.45) is 1.55. The molecule has 0 aromatic carbocycles. The van der Waals surface area contributed by atoms with Crippen molar-refractivity contribution in [2.24, 2.45) is 7.05 Å². The van der Waals surface area contributed by atoms with Gasteiger partial charge in [-0.25, -0.2) is 4.98 Å². The van der Waals surface area contributed by atoms with Crippen molar-refractivity contribution >= 4 is 29.3 Å². The van der Waals surface area contributed by atoms with Gasteiger partial charge in [0, 0.05) is 7.05 Å². The van der Waals surface area contributed by atoms with E-state index in [2.05, 4.69) is 4.98 Å². The van der Waals surface area contributed by atoms with E-state index < -0.39 is 5.97 Å². The van der Waals surface area contributed by atoms with Crippen LogP contribution >= 0.6 is 23.4 Å². The molecule has 0 saturated carbocycles. The molecule has 0 radical (unpaired) electrons. The molecule has 0 aliphatic heterocycles. The number of aliphatic carboxylic acids is 1.